The summed E-state index contributed by atoms with van der Waals surface area (Å²) in [6, 6.07) is 1.98. The number of carbonyl (C=O) groups excluding carboxylic acids is 1. The lowest BCUT2D eigenvalue weighted by atomic mass is 10.1. The number of hydrogen-bond donors (Lipinski definition) is 0. The van der Waals surface area contributed by atoms with E-state index in [-0.39, 0.29) is 11.9 Å². The number of thiophene rings is 1. The quantitative estimate of drug-likeness (QED) is 0.714. The fourth-order valence-electron chi connectivity index (χ4n) is 1.67. The topological polar surface area (TPSA) is 26.3 Å². The zero-order valence-electron chi connectivity index (χ0n) is 8.45. The lowest BCUT2D eigenvalue weighted by molar-refractivity contribution is 0.0543. The van der Waals surface area contributed by atoms with Crippen molar-refractivity contribution in [2.75, 3.05) is 7.11 Å². The summed E-state index contributed by atoms with van der Waals surface area (Å²) in [6.07, 6.45) is 2.07. The van der Waals surface area contributed by atoms with Crippen LogP contribution in [0.3, 0.4) is 0 Å². The van der Waals surface area contributed by atoms with Gasteiger partial charge in [0.2, 0.25) is 5.78 Å². The van der Waals surface area contributed by atoms with Gasteiger partial charge in [0.25, 0.3) is 0 Å². The van der Waals surface area contributed by atoms with Crippen molar-refractivity contribution in [3.8, 4) is 0 Å². The molecule has 0 N–H and O–H groups in total. The van der Waals surface area contributed by atoms with Gasteiger partial charge in [0.1, 0.15) is 6.10 Å². The predicted octanol–water partition coefficient (Wildman–Crippen LogP) is 2.66. The van der Waals surface area contributed by atoms with Gasteiger partial charge in [-0.2, -0.15) is 0 Å². The molecule has 0 spiro atoms. The normalized spacial score (nSPS) is 18.1. The summed E-state index contributed by atoms with van der Waals surface area (Å²) >= 11 is 1.52. The molecule has 0 radical (unpaired) electrons. The van der Waals surface area contributed by atoms with Crippen LogP contribution in [0.2, 0.25) is 0 Å². The lowest BCUT2D eigenvalue weighted by Crippen LogP contribution is -2.24. The van der Waals surface area contributed by atoms with Crippen LogP contribution in [0.4, 0.5) is 0 Å². The number of rotatable bonds is 4. The van der Waals surface area contributed by atoms with Crippen LogP contribution >= 0.6 is 11.3 Å². The molecule has 1 saturated carbocycles. The highest BCUT2D eigenvalue weighted by molar-refractivity contribution is 7.12. The summed E-state index contributed by atoms with van der Waals surface area (Å²) in [7, 11) is 1.63. The highest BCUT2D eigenvalue weighted by Crippen LogP contribution is 2.36. The van der Waals surface area contributed by atoms with Gasteiger partial charge in [-0.05, 0) is 42.7 Å². The number of methoxy groups -OCH3 is 1. The summed E-state index contributed by atoms with van der Waals surface area (Å²) in [6.45, 7) is 1.98. The second-order valence-corrected chi connectivity index (χ2v) is 4.71. The molecule has 1 unspecified atom stereocenters. The second kappa shape index (κ2) is 3.83. The van der Waals surface area contributed by atoms with Crippen molar-refractivity contribution >= 4 is 17.1 Å². The van der Waals surface area contributed by atoms with Crippen LogP contribution in [-0.4, -0.2) is 19.0 Å². The van der Waals surface area contributed by atoms with E-state index in [4.69, 9.17) is 4.74 Å². The fourth-order valence-corrected chi connectivity index (χ4v) is 2.56. The molecule has 0 aromatic carbocycles. The summed E-state index contributed by atoms with van der Waals surface area (Å²) in [4.78, 5) is 12.9. The van der Waals surface area contributed by atoms with Crippen molar-refractivity contribution in [3.63, 3.8) is 0 Å². The number of aryl methyl sites for hydroxylation is 1. The minimum atomic E-state index is -0.202. The molecule has 1 aromatic rings. The Kier molecular flexibility index (Phi) is 2.70. The first-order valence-electron chi connectivity index (χ1n) is 4.85. The van der Waals surface area contributed by atoms with Gasteiger partial charge >= 0.3 is 0 Å². The van der Waals surface area contributed by atoms with E-state index in [1.165, 1.54) is 11.3 Å². The number of carbonyl (C=O) groups is 1. The average Bonchev–Trinajstić information content (AvgIpc) is 2.90. The summed E-state index contributed by atoms with van der Waals surface area (Å²) in [5, 5.41) is 1.96. The third-order valence-corrected chi connectivity index (χ3v) is 3.68. The van der Waals surface area contributed by atoms with Crippen LogP contribution < -0.4 is 0 Å². The Balaban J connectivity index is 2.17. The maximum atomic E-state index is 12.0. The number of ether oxygens (including phenoxy) is 1. The minimum absolute atomic E-state index is 0.169. The van der Waals surface area contributed by atoms with E-state index in [1.807, 2.05) is 18.4 Å². The molecule has 1 atom stereocenters. The highest BCUT2D eigenvalue weighted by Gasteiger charge is 2.37. The van der Waals surface area contributed by atoms with Crippen LogP contribution in [0.1, 0.15) is 28.1 Å². The third kappa shape index (κ3) is 1.74. The Labute approximate surface area is 87.9 Å². The van der Waals surface area contributed by atoms with Crippen molar-refractivity contribution in [3.05, 3.63) is 21.9 Å². The SMILES string of the molecule is COC(C(=O)c1sccc1C)C1CC1. The lowest BCUT2D eigenvalue weighted by Gasteiger charge is -2.12. The first-order valence-corrected chi connectivity index (χ1v) is 5.73. The van der Waals surface area contributed by atoms with Crippen LogP contribution in [-0.2, 0) is 4.74 Å². The van der Waals surface area contributed by atoms with Gasteiger partial charge < -0.3 is 4.74 Å². The monoisotopic (exact) mass is 210 g/mol. The van der Waals surface area contributed by atoms with E-state index >= 15 is 0 Å². The zero-order chi connectivity index (χ0) is 10.1. The fraction of sp³-hybridized carbons (Fsp3) is 0.545. The number of ketones is 1. The maximum Gasteiger partial charge on any atom is 0.201 e. The van der Waals surface area contributed by atoms with Crippen molar-refractivity contribution in [2.24, 2.45) is 5.92 Å². The molecule has 2 nitrogen and oxygen atoms in total. The molecule has 0 bridgehead atoms. The molecule has 0 aliphatic heterocycles. The van der Waals surface area contributed by atoms with Crippen LogP contribution in [0.5, 0.6) is 0 Å². The van der Waals surface area contributed by atoms with Crippen LogP contribution in [0, 0.1) is 12.8 Å². The Bertz CT molecular complexity index is 339. The van der Waals surface area contributed by atoms with Gasteiger partial charge in [0, 0.05) is 7.11 Å². The average molecular weight is 210 g/mol. The first kappa shape index (κ1) is 9.87. The Morgan fingerprint density at radius 2 is 2.36 bits per heavy atom. The van der Waals surface area contributed by atoms with E-state index in [0.29, 0.717) is 5.92 Å². The van der Waals surface area contributed by atoms with Gasteiger partial charge in [0.15, 0.2) is 0 Å². The molecule has 14 heavy (non-hydrogen) atoms. The molecule has 2 rings (SSSR count). The largest absolute Gasteiger partial charge is 0.373 e. The number of Topliss-reactive ketones (excluding diaryl/α,β-unsaturated/α-hetero) is 1. The van der Waals surface area contributed by atoms with Gasteiger partial charge in [-0.1, -0.05) is 0 Å². The molecule has 0 saturated heterocycles. The zero-order valence-corrected chi connectivity index (χ0v) is 9.26. The van der Waals surface area contributed by atoms with E-state index in [1.54, 1.807) is 7.11 Å². The van der Waals surface area contributed by atoms with Crippen molar-refractivity contribution in [2.45, 2.75) is 25.9 Å². The molecular weight excluding hydrogens is 196 g/mol. The van der Waals surface area contributed by atoms with Crippen molar-refractivity contribution in [1.82, 2.24) is 0 Å². The highest BCUT2D eigenvalue weighted by atomic mass is 32.1. The standard InChI is InChI=1S/C11H14O2S/c1-7-5-6-14-11(7)9(12)10(13-2)8-3-4-8/h5-6,8,10H,3-4H2,1-2H3. The van der Waals surface area contributed by atoms with E-state index in [2.05, 4.69) is 0 Å². The van der Waals surface area contributed by atoms with Gasteiger partial charge in [-0.3, -0.25) is 4.79 Å². The Morgan fingerprint density at radius 1 is 1.64 bits per heavy atom. The van der Waals surface area contributed by atoms with Gasteiger partial charge in [0.05, 0.1) is 4.88 Å². The number of hydrogen-bond acceptors (Lipinski definition) is 3. The molecule has 3 heteroatoms. The molecular formula is C11H14O2S. The molecule has 1 aliphatic rings. The molecule has 1 heterocycles. The van der Waals surface area contributed by atoms with Gasteiger partial charge in [-0.25, -0.2) is 0 Å². The van der Waals surface area contributed by atoms with Crippen molar-refractivity contribution < 1.29 is 9.53 Å². The molecule has 1 fully saturated rings. The summed E-state index contributed by atoms with van der Waals surface area (Å²) in [5.74, 6) is 0.636. The molecule has 1 aromatic heterocycles. The van der Waals surface area contributed by atoms with Crippen LogP contribution in [0.15, 0.2) is 11.4 Å². The van der Waals surface area contributed by atoms with E-state index < -0.39 is 0 Å². The minimum Gasteiger partial charge on any atom is -0.373 e. The smallest absolute Gasteiger partial charge is 0.201 e. The third-order valence-electron chi connectivity index (χ3n) is 2.65. The summed E-state index contributed by atoms with van der Waals surface area (Å²) < 4.78 is 5.27. The first-order chi connectivity index (χ1) is 6.74. The predicted molar refractivity (Wildman–Crippen MR) is 56.9 cm³/mol. The summed E-state index contributed by atoms with van der Waals surface area (Å²) in [5.41, 5.74) is 1.07. The molecule has 0 amide bonds. The Hall–Kier alpha value is -0.670. The van der Waals surface area contributed by atoms with Crippen LogP contribution in [0.25, 0.3) is 0 Å². The van der Waals surface area contributed by atoms with E-state index in [0.717, 1.165) is 23.3 Å². The second-order valence-electron chi connectivity index (χ2n) is 3.79. The van der Waals surface area contributed by atoms with Crippen molar-refractivity contribution in [1.29, 1.82) is 0 Å². The maximum absolute atomic E-state index is 12.0. The van der Waals surface area contributed by atoms with Gasteiger partial charge in [-0.15, -0.1) is 11.3 Å². The molecule has 1 aliphatic carbocycles. The van der Waals surface area contributed by atoms with E-state index in [9.17, 15) is 4.79 Å². The molecule has 76 valence electrons. The Morgan fingerprint density at radius 3 is 2.79 bits per heavy atom.